The molecule has 0 heterocycles. The van der Waals surface area contributed by atoms with E-state index >= 15 is 0 Å². The van der Waals surface area contributed by atoms with Gasteiger partial charge in [-0.3, -0.25) is 9.59 Å². The van der Waals surface area contributed by atoms with Crippen LogP contribution < -0.4 is 10.7 Å². The summed E-state index contributed by atoms with van der Waals surface area (Å²) in [5.74, 6) is -0.961. The Balaban J connectivity index is 1.93. The summed E-state index contributed by atoms with van der Waals surface area (Å²) in [7, 11) is 0. The molecule has 0 aliphatic rings. The van der Waals surface area contributed by atoms with E-state index in [0.717, 1.165) is 17.7 Å². The predicted octanol–water partition coefficient (Wildman–Crippen LogP) is 4.15. The normalized spacial score (nSPS) is 11.8. The van der Waals surface area contributed by atoms with Crippen LogP contribution in [0.15, 0.2) is 53.6 Å². The van der Waals surface area contributed by atoms with E-state index < -0.39 is 23.6 Å². The van der Waals surface area contributed by atoms with Gasteiger partial charge in [0.25, 0.3) is 5.91 Å². The number of benzene rings is 2. The second kappa shape index (κ2) is 8.48. The van der Waals surface area contributed by atoms with Crippen molar-refractivity contribution in [3.63, 3.8) is 0 Å². The first-order chi connectivity index (χ1) is 12.6. The highest BCUT2D eigenvalue weighted by Gasteiger charge is 2.30. The Hall–Kier alpha value is -3.16. The second-order valence-electron chi connectivity index (χ2n) is 5.96. The van der Waals surface area contributed by atoms with E-state index in [1.165, 1.54) is 19.1 Å². The molecule has 2 aromatic carbocycles. The summed E-state index contributed by atoms with van der Waals surface area (Å²) in [6, 6.07) is 11.3. The Bertz CT molecular complexity index is 876. The van der Waals surface area contributed by atoms with Crippen LogP contribution in [0.2, 0.25) is 0 Å². The third-order valence-corrected chi connectivity index (χ3v) is 3.52. The van der Waals surface area contributed by atoms with Gasteiger partial charge in [-0.25, -0.2) is 5.43 Å². The minimum absolute atomic E-state index is 0.0337. The summed E-state index contributed by atoms with van der Waals surface area (Å²) in [5.41, 5.74) is 3.18. The minimum atomic E-state index is -4.49. The van der Waals surface area contributed by atoms with Gasteiger partial charge in [-0.2, -0.15) is 18.3 Å². The van der Waals surface area contributed by atoms with Crippen molar-refractivity contribution in [1.29, 1.82) is 0 Å². The van der Waals surface area contributed by atoms with Gasteiger partial charge in [-0.15, -0.1) is 0 Å². The summed E-state index contributed by atoms with van der Waals surface area (Å²) in [4.78, 5) is 23.9. The molecule has 0 aliphatic heterocycles. The molecule has 142 valence electrons. The molecule has 0 unspecified atom stereocenters. The molecule has 0 aliphatic carbocycles. The number of alkyl halides is 3. The van der Waals surface area contributed by atoms with E-state index in [2.05, 4.69) is 15.8 Å². The molecule has 27 heavy (non-hydrogen) atoms. The monoisotopic (exact) mass is 377 g/mol. The van der Waals surface area contributed by atoms with Crippen LogP contribution >= 0.6 is 0 Å². The standard InChI is InChI=1S/C19H18F3N3O2/c1-12-5-3-6-14(9-12)18(27)25-24-13(2)10-17(26)23-16-8-4-7-15(11-16)19(20,21)22/h3-9,11H,10H2,1-2H3,(H,23,26)(H,25,27). The second-order valence-corrected chi connectivity index (χ2v) is 5.96. The lowest BCUT2D eigenvalue weighted by molar-refractivity contribution is -0.137. The molecular formula is C19H18F3N3O2. The summed E-state index contributed by atoms with van der Waals surface area (Å²) in [6.07, 6.45) is -4.66. The number of carbonyl (C=O) groups is 2. The van der Waals surface area contributed by atoms with Crippen LogP contribution in [0.5, 0.6) is 0 Å². The zero-order chi connectivity index (χ0) is 20.0. The Kier molecular flexibility index (Phi) is 6.33. The van der Waals surface area contributed by atoms with Gasteiger partial charge in [0.2, 0.25) is 5.91 Å². The van der Waals surface area contributed by atoms with E-state index in [1.54, 1.807) is 18.2 Å². The first kappa shape index (κ1) is 20.2. The summed E-state index contributed by atoms with van der Waals surface area (Å²) >= 11 is 0. The smallest absolute Gasteiger partial charge is 0.326 e. The van der Waals surface area contributed by atoms with Gasteiger partial charge >= 0.3 is 6.18 Å². The van der Waals surface area contributed by atoms with Crippen molar-refractivity contribution in [2.75, 3.05) is 5.32 Å². The lowest BCUT2D eigenvalue weighted by atomic mass is 10.1. The number of rotatable bonds is 5. The number of anilines is 1. The van der Waals surface area contributed by atoms with Crippen LogP contribution in [-0.4, -0.2) is 17.5 Å². The van der Waals surface area contributed by atoms with E-state index in [-0.39, 0.29) is 12.1 Å². The van der Waals surface area contributed by atoms with Crippen LogP contribution in [0, 0.1) is 6.92 Å². The number of hydrogen-bond acceptors (Lipinski definition) is 3. The summed E-state index contributed by atoms with van der Waals surface area (Å²) in [6.45, 7) is 3.38. The van der Waals surface area contributed by atoms with Gasteiger partial charge in [-0.1, -0.05) is 23.8 Å². The van der Waals surface area contributed by atoms with Crippen LogP contribution in [-0.2, 0) is 11.0 Å². The van der Waals surface area contributed by atoms with Crippen molar-refractivity contribution in [2.24, 2.45) is 5.10 Å². The molecule has 0 saturated heterocycles. The van der Waals surface area contributed by atoms with Gasteiger partial charge in [-0.05, 0) is 44.2 Å². The molecule has 0 radical (unpaired) electrons. The lowest BCUT2D eigenvalue weighted by Crippen LogP contribution is -2.21. The van der Waals surface area contributed by atoms with Crippen LogP contribution in [0.25, 0.3) is 0 Å². The SMILES string of the molecule is CC(CC(=O)Nc1cccc(C(F)(F)F)c1)=NNC(=O)c1cccc(C)c1. The Morgan fingerprint density at radius 1 is 1.07 bits per heavy atom. The molecular weight excluding hydrogens is 359 g/mol. The van der Waals surface area contributed by atoms with Crippen molar-refractivity contribution in [3.05, 3.63) is 65.2 Å². The van der Waals surface area contributed by atoms with Crippen molar-refractivity contribution in [3.8, 4) is 0 Å². The molecule has 0 spiro atoms. The fourth-order valence-electron chi connectivity index (χ4n) is 2.25. The van der Waals surface area contributed by atoms with Gasteiger partial charge < -0.3 is 5.32 Å². The summed E-state index contributed by atoms with van der Waals surface area (Å²) in [5, 5.41) is 6.22. The van der Waals surface area contributed by atoms with Gasteiger partial charge in [0, 0.05) is 17.0 Å². The largest absolute Gasteiger partial charge is 0.416 e. The number of nitrogens with zero attached hydrogens (tertiary/aromatic N) is 1. The minimum Gasteiger partial charge on any atom is -0.326 e. The average molecular weight is 377 g/mol. The highest BCUT2D eigenvalue weighted by molar-refractivity contribution is 6.06. The maximum absolute atomic E-state index is 12.7. The molecule has 0 saturated carbocycles. The number of aryl methyl sites for hydroxylation is 1. The number of amides is 2. The van der Waals surface area contributed by atoms with Crippen LogP contribution in [0.4, 0.5) is 18.9 Å². The van der Waals surface area contributed by atoms with Gasteiger partial charge in [0.15, 0.2) is 0 Å². The van der Waals surface area contributed by atoms with Gasteiger partial charge in [0.05, 0.1) is 12.0 Å². The summed E-state index contributed by atoms with van der Waals surface area (Å²) < 4.78 is 38.1. The first-order valence-electron chi connectivity index (χ1n) is 8.02. The van der Waals surface area contributed by atoms with Crippen molar-refractivity contribution >= 4 is 23.2 Å². The van der Waals surface area contributed by atoms with Gasteiger partial charge in [0.1, 0.15) is 0 Å². The maximum Gasteiger partial charge on any atom is 0.416 e. The average Bonchev–Trinajstić information content (AvgIpc) is 2.59. The lowest BCUT2D eigenvalue weighted by Gasteiger charge is -2.10. The zero-order valence-corrected chi connectivity index (χ0v) is 14.7. The zero-order valence-electron chi connectivity index (χ0n) is 14.7. The molecule has 2 aromatic rings. The number of carbonyl (C=O) groups excluding carboxylic acids is 2. The van der Waals surface area contributed by atoms with E-state index in [0.29, 0.717) is 11.3 Å². The molecule has 0 atom stereocenters. The third-order valence-electron chi connectivity index (χ3n) is 3.52. The van der Waals surface area contributed by atoms with Crippen LogP contribution in [0.3, 0.4) is 0 Å². The number of hydrazone groups is 1. The first-order valence-corrected chi connectivity index (χ1v) is 8.02. The molecule has 2 rings (SSSR count). The van der Waals surface area contributed by atoms with E-state index in [1.807, 2.05) is 13.0 Å². The predicted molar refractivity (Wildman–Crippen MR) is 96.4 cm³/mol. The third kappa shape index (κ3) is 6.25. The fourth-order valence-corrected chi connectivity index (χ4v) is 2.25. The highest BCUT2D eigenvalue weighted by Crippen LogP contribution is 2.30. The Morgan fingerprint density at radius 2 is 1.78 bits per heavy atom. The quantitative estimate of drug-likeness (QED) is 0.607. The Morgan fingerprint density at radius 3 is 2.44 bits per heavy atom. The van der Waals surface area contributed by atoms with E-state index in [9.17, 15) is 22.8 Å². The topological polar surface area (TPSA) is 70.6 Å². The molecule has 5 nitrogen and oxygen atoms in total. The molecule has 0 fully saturated rings. The molecule has 0 aromatic heterocycles. The number of halogens is 3. The number of hydrogen-bond donors (Lipinski definition) is 2. The highest BCUT2D eigenvalue weighted by atomic mass is 19.4. The molecule has 2 amide bonds. The molecule has 0 bridgehead atoms. The maximum atomic E-state index is 12.7. The van der Waals surface area contributed by atoms with Crippen molar-refractivity contribution < 1.29 is 22.8 Å². The molecule has 2 N–H and O–H groups in total. The number of nitrogens with one attached hydrogen (secondary N) is 2. The fraction of sp³-hybridized carbons (Fsp3) is 0.211. The Labute approximate surface area is 154 Å². The van der Waals surface area contributed by atoms with Crippen molar-refractivity contribution in [2.45, 2.75) is 26.4 Å². The van der Waals surface area contributed by atoms with Crippen molar-refractivity contribution in [1.82, 2.24) is 5.43 Å². The molecule has 8 heteroatoms. The van der Waals surface area contributed by atoms with Crippen LogP contribution in [0.1, 0.15) is 34.8 Å². The van der Waals surface area contributed by atoms with E-state index in [4.69, 9.17) is 0 Å².